The minimum absolute atomic E-state index is 0.0842. The van der Waals surface area contributed by atoms with Gasteiger partial charge in [-0.1, -0.05) is 19.3 Å². The molecule has 136 valence electrons. The van der Waals surface area contributed by atoms with Crippen molar-refractivity contribution in [1.82, 2.24) is 9.88 Å². The lowest BCUT2D eigenvalue weighted by molar-refractivity contribution is -0.121. The van der Waals surface area contributed by atoms with Crippen molar-refractivity contribution >= 4 is 11.8 Å². The van der Waals surface area contributed by atoms with Crippen molar-refractivity contribution in [3.05, 3.63) is 6.07 Å². The number of carbonyl (C=O) groups excluding carboxylic acids is 2. The van der Waals surface area contributed by atoms with Crippen molar-refractivity contribution in [2.24, 2.45) is 5.73 Å². The van der Waals surface area contributed by atoms with Crippen LogP contribution in [-0.2, 0) is 16.1 Å². The minimum atomic E-state index is -0.399. The van der Waals surface area contributed by atoms with Crippen LogP contribution in [0, 0.1) is 0 Å². The highest BCUT2D eigenvalue weighted by Crippen LogP contribution is 2.33. The van der Waals surface area contributed by atoms with Crippen LogP contribution in [0.4, 0.5) is 0 Å². The third kappa shape index (κ3) is 7.26. The van der Waals surface area contributed by atoms with E-state index in [0.29, 0.717) is 19.4 Å². The first-order valence-corrected chi connectivity index (χ1v) is 8.27. The van der Waals surface area contributed by atoms with Crippen LogP contribution in [0.3, 0.4) is 0 Å². The van der Waals surface area contributed by atoms with Crippen LogP contribution in [0.1, 0.15) is 51.4 Å². The standard InChI is InChI=1S/C16H27N3O5/c17-13(21)7-4-2-1-3-5-9-18-14(22)8-6-10-19-15(23)11-12(20)16(19)24/h11,20,23-24H,1-10H2,(H2,17,21)(H,18,22). The van der Waals surface area contributed by atoms with E-state index in [1.165, 1.54) is 0 Å². The monoisotopic (exact) mass is 341 g/mol. The Balaban J connectivity index is 2.03. The highest BCUT2D eigenvalue weighted by atomic mass is 16.3. The summed E-state index contributed by atoms with van der Waals surface area (Å²) < 4.78 is 1.15. The number of aromatic hydroxyl groups is 3. The molecular formula is C16H27N3O5. The summed E-state index contributed by atoms with van der Waals surface area (Å²) >= 11 is 0. The molecule has 0 fully saturated rings. The van der Waals surface area contributed by atoms with Gasteiger partial charge < -0.3 is 26.4 Å². The molecule has 8 nitrogen and oxygen atoms in total. The molecule has 0 aliphatic heterocycles. The first kappa shape index (κ1) is 19.7. The molecule has 0 saturated carbocycles. The number of primary amides is 1. The highest BCUT2D eigenvalue weighted by Gasteiger charge is 2.12. The minimum Gasteiger partial charge on any atom is -0.503 e. The molecule has 24 heavy (non-hydrogen) atoms. The van der Waals surface area contributed by atoms with Gasteiger partial charge in [0.25, 0.3) is 0 Å². The van der Waals surface area contributed by atoms with Crippen LogP contribution in [-0.4, -0.2) is 38.2 Å². The lowest BCUT2D eigenvalue weighted by Gasteiger charge is -2.07. The van der Waals surface area contributed by atoms with Gasteiger partial charge >= 0.3 is 0 Å². The fourth-order valence-corrected chi connectivity index (χ4v) is 2.40. The third-order valence-electron chi connectivity index (χ3n) is 3.73. The molecule has 1 aromatic heterocycles. The fraction of sp³-hybridized carbons (Fsp3) is 0.625. The van der Waals surface area contributed by atoms with Crippen LogP contribution < -0.4 is 11.1 Å². The van der Waals surface area contributed by atoms with E-state index in [0.717, 1.165) is 42.7 Å². The van der Waals surface area contributed by atoms with Gasteiger partial charge in [-0.25, -0.2) is 0 Å². The summed E-state index contributed by atoms with van der Waals surface area (Å²) in [6.45, 7) is 0.848. The molecule has 0 saturated heterocycles. The quantitative estimate of drug-likeness (QED) is 0.365. The van der Waals surface area contributed by atoms with Crippen LogP contribution >= 0.6 is 0 Å². The second kappa shape index (κ2) is 10.4. The molecule has 6 N–H and O–H groups in total. The zero-order valence-electron chi connectivity index (χ0n) is 13.8. The van der Waals surface area contributed by atoms with Gasteiger partial charge in [0.1, 0.15) is 0 Å². The van der Waals surface area contributed by atoms with Crippen LogP contribution in [0.25, 0.3) is 0 Å². The maximum atomic E-state index is 11.7. The number of nitrogens with one attached hydrogen (secondary N) is 1. The number of unbranched alkanes of at least 4 members (excludes halogenated alkanes) is 4. The number of hydrogen-bond acceptors (Lipinski definition) is 5. The van der Waals surface area contributed by atoms with Gasteiger partial charge in [-0.05, 0) is 19.3 Å². The Hall–Kier alpha value is -2.38. The van der Waals surface area contributed by atoms with Crippen molar-refractivity contribution in [1.29, 1.82) is 0 Å². The summed E-state index contributed by atoms with van der Waals surface area (Å²) in [5.41, 5.74) is 5.05. The van der Waals surface area contributed by atoms with Crippen LogP contribution in [0.15, 0.2) is 6.07 Å². The van der Waals surface area contributed by atoms with Crippen molar-refractivity contribution in [3.8, 4) is 17.5 Å². The van der Waals surface area contributed by atoms with E-state index in [1.54, 1.807) is 0 Å². The molecule has 0 atom stereocenters. The smallest absolute Gasteiger partial charge is 0.237 e. The Labute approximate surface area is 141 Å². The zero-order chi connectivity index (χ0) is 17.9. The van der Waals surface area contributed by atoms with Gasteiger partial charge in [0, 0.05) is 32.0 Å². The first-order chi connectivity index (χ1) is 11.4. The topological polar surface area (TPSA) is 138 Å². The predicted molar refractivity (Wildman–Crippen MR) is 88.6 cm³/mol. The Kier molecular flexibility index (Phi) is 8.53. The van der Waals surface area contributed by atoms with Gasteiger partial charge in [-0.2, -0.15) is 0 Å². The van der Waals surface area contributed by atoms with Gasteiger partial charge in [-0.3, -0.25) is 14.2 Å². The van der Waals surface area contributed by atoms with Gasteiger partial charge in [0.05, 0.1) is 0 Å². The van der Waals surface area contributed by atoms with E-state index in [2.05, 4.69) is 5.32 Å². The van der Waals surface area contributed by atoms with E-state index in [9.17, 15) is 24.9 Å². The molecule has 0 aliphatic rings. The molecule has 8 heteroatoms. The summed E-state index contributed by atoms with van der Waals surface area (Å²) in [7, 11) is 0. The number of nitrogens with zero attached hydrogens (tertiary/aromatic N) is 1. The van der Waals surface area contributed by atoms with E-state index in [4.69, 9.17) is 5.73 Å². The molecule has 0 bridgehead atoms. The number of aromatic nitrogens is 1. The van der Waals surface area contributed by atoms with E-state index in [1.807, 2.05) is 0 Å². The van der Waals surface area contributed by atoms with Crippen LogP contribution in [0.5, 0.6) is 17.5 Å². The summed E-state index contributed by atoms with van der Waals surface area (Å²) in [6, 6.07) is 1.05. The maximum absolute atomic E-state index is 11.7. The second-order valence-electron chi connectivity index (χ2n) is 5.80. The Morgan fingerprint density at radius 1 is 1.00 bits per heavy atom. The summed E-state index contributed by atoms with van der Waals surface area (Å²) in [5, 5.41) is 31.0. The molecule has 0 aromatic carbocycles. The first-order valence-electron chi connectivity index (χ1n) is 8.27. The molecule has 0 radical (unpaired) electrons. The number of rotatable bonds is 12. The number of carbonyl (C=O) groups is 2. The number of amides is 2. The van der Waals surface area contributed by atoms with Crippen molar-refractivity contribution in [2.75, 3.05) is 6.54 Å². The van der Waals surface area contributed by atoms with Crippen molar-refractivity contribution in [3.63, 3.8) is 0 Å². The predicted octanol–water partition coefficient (Wildman–Crippen LogP) is 1.33. The summed E-state index contributed by atoms with van der Waals surface area (Å²) in [4.78, 5) is 22.2. The van der Waals surface area contributed by atoms with Gasteiger partial charge in [-0.15, -0.1) is 0 Å². The normalized spacial score (nSPS) is 10.7. The molecule has 2 amide bonds. The summed E-state index contributed by atoms with van der Waals surface area (Å²) in [6.07, 6.45) is 5.81. The number of nitrogens with two attached hydrogens (primary N) is 1. The largest absolute Gasteiger partial charge is 0.503 e. The zero-order valence-corrected chi connectivity index (χ0v) is 13.8. The Bertz CT molecular complexity index is 542. The van der Waals surface area contributed by atoms with Crippen molar-refractivity contribution in [2.45, 2.75) is 57.9 Å². The Morgan fingerprint density at radius 2 is 1.67 bits per heavy atom. The van der Waals surface area contributed by atoms with E-state index >= 15 is 0 Å². The second-order valence-corrected chi connectivity index (χ2v) is 5.80. The molecule has 1 heterocycles. The fourth-order valence-electron chi connectivity index (χ4n) is 2.40. The third-order valence-corrected chi connectivity index (χ3v) is 3.73. The lowest BCUT2D eigenvalue weighted by Crippen LogP contribution is -2.24. The molecule has 0 spiro atoms. The van der Waals surface area contributed by atoms with E-state index in [-0.39, 0.29) is 36.4 Å². The lowest BCUT2D eigenvalue weighted by atomic mass is 10.1. The average Bonchev–Trinajstić information content (AvgIpc) is 2.75. The molecule has 1 aromatic rings. The highest BCUT2D eigenvalue weighted by molar-refractivity contribution is 5.75. The summed E-state index contributed by atoms with van der Waals surface area (Å²) in [5.74, 6) is -1.36. The van der Waals surface area contributed by atoms with E-state index < -0.39 is 5.88 Å². The van der Waals surface area contributed by atoms with Gasteiger partial charge in [0.2, 0.25) is 17.7 Å². The molecule has 1 rings (SSSR count). The number of hydrogen-bond donors (Lipinski definition) is 5. The molecular weight excluding hydrogens is 314 g/mol. The molecule has 0 aliphatic carbocycles. The van der Waals surface area contributed by atoms with Gasteiger partial charge in [0.15, 0.2) is 11.6 Å². The average molecular weight is 341 g/mol. The Morgan fingerprint density at radius 3 is 2.29 bits per heavy atom. The van der Waals surface area contributed by atoms with Crippen molar-refractivity contribution < 1.29 is 24.9 Å². The maximum Gasteiger partial charge on any atom is 0.237 e. The molecule has 0 unspecified atom stereocenters. The van der Waals surface area contributed by atoms with Crippen LogP contribution in [0.2, 0.25) is 0 Å². The SMILES string of the molecule is NC(=O)CCCCCCCNC(=O)CCCn1c(O)cc(O)c1O.